The summed E-state index contributed by atoms with van der Waals surface area (Å²) in [5.41, 5.74) is 3.00. The standard InChI is InChI=1S/C12H17NO2/c1-8-6-5-7-9(2)11(8)13-12(14)10(3)15-4/h5-7,10H,1-4H3,(H,13,14). The van der Waals surface area contributed by atoms with Gasteiger partial charge in [-0.2, -0.15) is 0 Å². The summed E-state index contributed by atoms with van der Waals surface area (Å²) < 4.78 is 4.95. The molecule has 0 heterocycles. The Morgan fingerprint density at radius 2 is 1.87 bits per heavy atom. The van der Waals surface area contributed by atoms with E-state index in [2.05, 4.69) is 5.32 Å². The van der Waals surface area contributed by atoms with Gasteiger partial charge >= 0.3 is 0 Å². The van der Waals surface area contributed by atoms with Gasteiger partial charge in [-0.25, -0.2) is 0 Å². The van der Waals surface area contributed by atoms with Crippen LogP contribution in [0.1, 0.15) is 18.1 Å². The van der Waals surface area contributed by atoms with Gasteiger partial charge in [0, 0.05) is 12.8 Å². The lowest BCUT2D eigenvalue weighted by Gasteiger charge is -2.14. The molecule has 3 heteroatoms. The second kappa shape index (κ2) is 4.94. The molecule has 1 N–H and O–H groups in total. The van der Waals surface area contributed by atoms with Crippen molar-refractivity contribution < 1.29 is 9.53 Å². The zero-order valence-corrected chi connectivity index (χ0v) is 9.63. The highest BCUT2D eigenvalue weighted by atomic mass is 16.5. The van der Waals surface area contributed by atoms with Gasteiger partial charge in [-0.05, 0) is 31.9 Å². The molecule has 1 rings (SSSR count). The molecule has 1 unspecified atom stereocenters. The van der Waals surface area contributed by atoms with Crippen LogP contribution in [0, 0.1) is 13.8 Å². The summed E-state index contributed by atoms with van der Waals surface area (Å²) in [5.74, 6) is -0.116. The van der Waals surface area contributed by atoms with Gasteiger partial charge < -0.3 is 10.1 Å². The summed E-state index contributed by atoms with van der Waals surface area (Å²) in [5, 5.41) is 2.87. The Morgan fingerprint density at radius 1 is 1.33 bits per heavy atom. The molecule has 0 fully saturated rings. The first-order valence-electron chi connectivity index (χ1n) is 4.96. The zero-order chi connectivity index (χ0) is 11.4. The number of methoxy groups -OCH3 is 1. The molecule has 0 bridgehead atoms. The monoisotopic (exact) mass is 207 g/mol. The third kappa shape index (κ3) is 2.80. The molecule has 0 aliphatic rings. The molecule has 15 heavy (non-hydrogen) atoms. The Morgan fingerprint density at radius 3 is 2.33 bits per heavy atom. The lowest BCUT2D eigenvalue weighted by molar-refractivity contribution is -0.124. The minimum atomic E-state index is -0.427. The Hall–Kier alpha value is -1.35. The number of ether oxygens (including phenoxy) is 1. The van der Waals surface area contributed by atoms with Gasteiger partial charge in [-0.15, -0.1) is 0 Å². The second-order valence-corrected chi connectivity index (χ2v) is 3.63. The van der Waals surface area contributed by atoms with Gasteiger partial charge in [0.25, 0.3) is 5.91 Å². The van der Waals surface area contributed by atoms with Crippen LogP contribution in [0.5, 0.6) is 0 Å². The smallest absolute Gasteiger partial charge is 0.253 e. The molecule has 0 aromatic heterocycles. The number of rotatable bonds is 3. The number of benzene rings is 1. The van der Waals surface area contributed by atoms with E-state index in [1.54, 1.807) is 6.92 Å². The maximum Gasteiger partial charge on any atom is 0.253 e. The Kier molecular flexibility index (Phi) is 3.86. The maximum atomic E-state index is 11.6. The van der Waals surface area contributed by atoms with E-state index in [0.29, 0.717) is 0 Å². The van der Waals surface area contributed by atoms with Crippen molar-refractivity contribution in [1.29, 1.82) is 0 Å². The average molecular weight is 207 g/mol. The van der Waals surface area contributed by atoms with Crippen LogP contribution in [0.4, 0.5) is 5.69 Å². The van der Waals surface area contributed by atoms with Crippen LogP contribution in [0.2, 0.25) is 0 Å². The Balaban J connectivity index is 2.85. The van der Waals surface area contributed by atoms with Crippen molar-refractivity contribution in [1.82, 2.24) is 0 Å². The number of para-hydroxylation sites is 1. The summed E-state index contributed by atoms with van der Waals surface area (Å²) in [7, 11) is 1.52. The first kappa shape index (κ1) is 11.7. The average Bonchev–Trinajstić information content (AvgIpc) is 2.22. The van der Waals surface area contributed by atoms with Crippen LogP contribution >= 0.6 is 0 Å². The highest BCUT2D eigenvalue weighted by Crippen LogP contribution is 2.19. The number of aryl methyl sites for hydroxylation is 2. The lowest BCUT2D eigenvalue weighted by Crippen LogP contribution is -2.27. The second-order valence-electron chi connectivity index (χ2n) is 3.63. The van der Waals surface area contributed by atoms with Gasteiger partial charge in [0.1, 0.15) is 6.10 Å². The summed E-state index contributed by atoms with van der Waals surface area (Å²) in [6.45, 7) is 5.67. The minimum Gasteiger partial charge on any atom is -0.372 e. The molecule has 1 aromatic rings. The van der Waals surface area contributed by atoms with Gasteiger partial charge in [-0.1, -0.05) is 18.2 Å². The number of amides is 1. The van der Waals surface area contributed by atoms with Crippen molar-refractivity contribution in [2.24, 2.45) is 0 Å². The summed E-state index contributed by atoms with van der Waals surface area (Å²) >= 11 is 0. The van der Waals surface area contributed by atoms with E-state index < -0.39 is 6.10 Å². The minimum absolute atomic E-state index is 0.116. The van der Waals surface area contributed by atoms with Crippen LogP contribution in [0.15, 0.2) is 18.2 Å². The molecule has 0 aliphatic carbocycles. The fourth-order valence-corrected chi connectivity index (χ4v) is 1.34. The van der Waals surface area contributed by atoms with Gasteiger partial charge in [0.2, 0.25) is 0 Å². The first-order valence-corrected chi connectivity index (χ1v) is 4.96. The molecule has 0 aliphatic heterocycles. The number of hydrogen-bond donors (Lipinski definition) is 1. The van der Waals surface area contributed by atoms with Crippen molar-refractivity contribution in [2.75, 3.05) is 12.4 Å². The fraction of sp³-hybridized carbons (Fsp3) is 0.417. The van der Waals surface area contributed by atoms with Crippen LogP contribution in [0.25, 0.3) is 0 Å². The molecule has 0 saturated heterocycles. The summed E-state index contributed by atoms with van der Waals surface area (Å²) in [6, 6.07) is 5.92. The van der Waals surface area contributed by atoms with Gasteiger partial charge in [0.15, 0.2) is 0 Å². The Labute approximate surface area is 90.4 Å². The van der Waals surface area contributed by atoms with Gasteiger partial charge in [0.05, 0.1) is 0 Å². The third-order valence-corrected chi connectivity index (χ3v) is 2.45. The fourth-order valence-electron chi connectivity index (χ4n) is 1.34. The molecule has 82 valence electrons. The predicted molar refractivity (Wildman–Crippen MR) is 61.0 cm³/mol. The van der Waals surface area contributed by atoms with Crippen molar-refractivity contribution in [3.8, 4) is 0 Å². The number of nitrogens with one attached hydrogen (secondary N) is 1. The van der Waals surface area contributed by atoms with Crippen LogP contribution < -0.4 is 5.32 Å². The van der Waals surface area contributed by atoms with Crippen LogP contribution in [0.3, 0.4) is 0 Å². The van der Waals surface area contributed by atoms with Crippen LogP contribution in [-0.2, 0) is 9.53 Å². The molecule has 3 nitrogen and oxygen atoms in total. The molecular formula is C12H17NO2. The third-order valence-electron chi connectivity index (χ3n) is 2.45. The Bertz CT molecular complexity index is 340. The topological polar surface area (TPSA) is 38.3 Å². The first-order chi connectivity index (χ1) is 7.06. The number of anilines is 1. The van der Waals surface area contributed by atoms with Crippen molar-refractivity contribution in [3.05, 3.63) is 29.3 Å². The number of carbonyl (C=O) groups is 1. The SMILES string of the molecule is COC(C)C(=O)Nc1c(C)cccc1C. The quantitative estimate of drug-likeness (QED) is 0.825. The van der Waals surface area contributed by atoms with E-state index in [-0.39, 0.29) is 5.91 Å². The molecule has 1 amide bonds. The van der Waals surface area contributed by atoms with E-state index in [4.69, 9.17) is 4.74 Å². The molecule has 0 radical (unpaired) electrons. The highest BCUT2D eigenvalue weighted by Gasteiger charge is 2.13. The normalized spacial score (nSPS) is 12.3. The summed E-state index contributed by atoms with van der Waals surface area (Å²) in [6.07, 6.45) is -0.427. The lowest BCUT2D eigenvalue weighted by atomic mass is 10.1. The molecule has 1 aromatic carbocycles. The molecule has 1 atom stereocenters. The molecular weight excluding hydrogens is 190 g/mol. The van der Waals surface area contributed by atoms with Crippen molar-refractivity contribution in [2.45, 2.75) is 26.9 Å². The van der Waals surface area contributed by atoms with Crippen LogP contribution in [-0.4, -0.2) is 19.1 Å². The van der Waals surface area contributed by atoms with E-state index in [0.717, 1.165) is 16.8 Å². The van der Waals surface area contributed by atoms with E-state index in [9.17, 15) is 4.79 Å². The zero-order valence-electron chi connectivity index (χ0n) is 9.63. The highest BCUT2D eigenvalue weighted by molar-refractivity contribution is 5.95. The van der Waals surface area contributed by atoms with E-state index in [1.165, 1.54) is 7.11 Å². The molecule has 0 spiro atoms. The summed E-state index contributed by atoms with van der Waals surface area (Å²) in [4.78, 5) is 11.6. The van der Waals surface area contributed by atoms with E-state index >= 15 is 0 Å². The van der Waals surface area contributed by atoms with E-state index in [1.807, 2.05) is 32.0 Å². The van der Waals surface area contributed by atoms with Crippen molar-refractivity contribution >= 4 is 11.6 Å². The maximum absolute atomic E-state index is 11.6. The number of hydrogen-bond acceptors (Lipinski definition) is 2. The largest absolute Gasteiger partial charge is 0.372 e. The molecule has 0 saturated carbocycles. The van der Waals surface area contributed by atoms with Gasteiger partial charge in [-0.3, -0.25) is 4.79 Å². The number of carbonyl (C=O) groups excluding carboxylic acids is 1. The van der Waals surface area contributed by atoms with Crippen molar-refractivity contribution in [3.63, 3.8) is 0 Å². The predicted octanol–water partition coefficient (Wildman–Crippen LogP) is 2.28.